The molecule has 0 saturated carbocycles. The van der Waals surface area contributed by atoms with Gasteiger partial charge in [-0.2, -0.15) is 0 Å². The van der Waals surface area contributed by atoms with Crippen molar-refractivity contribution in [2.45, 2.75) is 62.2 Å². The summed E-state index contributed by atoms with van der Waals surface area (Å²) in [4.78, 5) is 49.2. The summed E-state index contributed by atoms with van der Waals surface area (Å²) in [6, 6.07) is 14.5. The summed E-state index contributed by atoms with van der Waals surface area (Å²) >= 11 is 1.58. The summed E-state index contributed by atoms with van der Waals surface area (Å²) in [5.74, 6) is -1.82. The highest BCUT2D eigenvalue weighted by Gasteiger charge is 2.74. The van der Waals surface area contributed by atoms with E-state index in [9.17, 15) is 19.5 Å². The first-order valence-electron chi connectivity index (χ1n) is 14.9. The van der Waals surface area contributed by atoms with Crippen LogP contribution >= 0.6 is 11.8 Å². The van der Waals surface area contributed by atoms with Crippen LogP contribution in [-0.4, -0.2) is 73.9 Å². The van der Waals surface area contributed by atoms with Crippen LogP contribution in [0.15, 0.2) is 72.8 Å². The van der Waals surface area contributed by atoms with E-state index < -0.39 is 33.4 Å². The van der Waals surface area contributed by atoms with Crippen LogP contribution in [-0.2, 0) is 20.9 Å². The summed E-state index contributed by atoms with van der Waals surface area (Å²) in [5, 5.41) is 10.4. The molecule has 1 N–H and O–H groups in total. The Hall–Kier alpha value is -3.36. The van der Waals surface area contributed by atoms with Gasteiger partial charge in [-0.05, 0) is 43.9 Å². The summed E-state index contributed by atoms with van der Waals surface area (Å²) < 4.78 is -1.62. The van der Waals surface area contributed by atoms with Crippen molar-refractivity contribution < 1.29 is 19.5 Å². The number of aryl methyl sites for hydroxylation is 2. The number of aliphatic hydroxyl groups is 1. The highest BCUT2D eigenvalue weighted by molar-refractivity contribution is 8.02. The lowest BCUT2D eigenvalue weighted by molar-refractivity contribution is -0.145. The third kappa shape index (κ3) is 4.25. The first-order valence-corrected chi connectivity index (χ1v) is 15.7. The van der Waals surface area contributed by atoms with Crippen LogP contribution in [0.25, 0.3) is 0 Å². The summed E-state index contributed by atoms with van der Waals surface area (Å²) in [7, 11) is 0. The maximum absolute atomic E-state index is 14.8. The van der Waals surface area contributed by atoms with Gasteiger partial charge in [0.05, 0.1) is 29.2 Å². The minimum absolute atomic E-state index is 0.0663. The normalized spacial score (nSPS) is 31.1. The molecule has 0 aliphatic carbocycles. The molecular formula is C34H39N3O4S. The number of fused-ring (bicyclic) bond motifs is 2. The van der Waals surface area contributed by atoms with Crippen LogP contribution in [0.4, 0.5) is 5.69 Å². The lowest BCUT2D eigenvalue weighted by atomic mass is 9.74. The Kier molecular flexibility index (Phi) is 7.34. The molecule has 42 heavy (non-hydrogen) atoms. The van der Waals surface area contributed by atoms with Crippen molar-refractivity contribution in [2.24, 2.45) is 11.8 Å². The Morgan fingerprint density at radius 1 is 0.905 bits per heavy atom. The van der Waals surface area contributed by atoms with Crippen LogP contribution in [0.1, 0.15) is 37.0 Å². The molecule has 2 saturated heterocycles. The molecule has 6 atom stereocenters. The SMILES string of the molecule is CC[C@@H](CO)N1C(=O)[C@@H]2[C@H]3C(=O)N(Cc4ccccc4)CC=C[C@@]3(C)S[C@@]23C=CCN(c2c(C)cccc2C)C(=O)C13. The molecule has 1 unspecified atom stereocenters. The minimum atomic E-state index is -0.947. The summed E-state index contributed by atoms with van der Waals surface area (Å²) in [6.45, 7) is 9.00. The van der Waals surface area contributed by atoms with Gasteiger partial charge in [-0.1, -0.05) is 79.8 Å². The second-order valence-electron chi connectivity index (χ2n) is 12.2. The van der Waals surface area contributed by atoms with Gasteiger partial charge in [-0.3, -0.25) is 14.4 Å². The first kappa shape index (κ1) is 28.7. The number of para-hydroxylation sites is 1. The molecule has 4 heterocycles. The van der Waals surface area contributed by atoms with Gasteiger partial charge in [-0.15, -0.1) is 11.8 Å². The molecule has 2 aromatic carbocycles. The van der Waals surface area contributed by atoms with Crippen LogP contribution in [0.5, 0.6) is 0 Å². The molecule has 220 valence electrons. The third-order valence-electron chi connectivity index (χ3n) is 9.58. The third-order valence-corrected chi connectivity index (χ3v) is 11.4. The number of benzene rings is 2. The number of aliphatic hydroxyl groups excluding tert-OH is 1. The Morgan fingerprint density at radius 2 is 1.60 bits per heavy atom. The van der Waals surface area contributed by atoms with Crippen molar-refractivity contribution in [3.05, 3.63) is 89.5 Å². The van der Waals surface area contributed by atoms with Crippen molar-refractivity contribution in [3.8, 4) is 0 Å². The Balaban J connectivity index is 1.48. The molecule has 2 aromatic rings. The number of carbonyl (C=O) groups is 3. The number of nitrogens with zero attached hydrogens (tertiary/aromatic N) is 3. The molecule has 0 bridgehead atoms. The monoisotopic (exact) mass is 585 g/mol. The average molecular weight is 586 g/mol. The van der Waals surface area contributed by atoms with Gasteiger partial charge < -0.3 is 19.8 Å². The summed E-state index contributed by atoms with van der Waals surface area (Å²) in [5.41, 5.74) is 3.85. The van der Waals surface area contributed by atoms with E-state index in [2.05, 4.69) is 6.08 Å². The summed E-state index contributed by atoms with van der Waals surface area (Å²) in [6.07, 6.45) is 8.68. The zero-order valence-electron chi connectivity index (χ0n) is 24.7. The first-order chi connectivity index (χ1) is 20.2. The van der Waals surface area contributed by atoms with Crippen LogP contribution in [0, 0.1) is 25.7 Å². The molecule has 1 spiro atoms. The van der Waals surface area contributed by atoms with Gasteiger partial charge in [0.15, 0.2) is 0 Å². The standard InChI is InChI=1S/C34H39N3O4S/c1-5-25(21-38)37-29-32(41)36(28-22(2)12-9-13-23(28)3)19-11-17-34(29)27(31(37)40)26-30(39)35(18-10-16-33(26,4)42-34)20-24-14-7-6-8-15-24/h6-17,25-27,29,38H,5,18-21H2,1-4H3/t25-,26-,27-,29?,33+,34-/m0/s1. The molecule has 4 aliphatic rings. The van der Waals surface area contributed by atoms with Crippen molar-refractivity contribution in [2.75, 3.05) is 24.6 Å². The van der Waals surface area contributed by atoms with E-state index >= 15 is 0 Å². The Labute approximate surface area is 252 Å². The lowest BCUT2D eigenvalue weighted by Gasteiger charge is -2.40. The molecule has 3 amide bonds. The van der Waals surface area contributed by atoms with E-state index in [1.165, 1.54) is 0 Å². The topological polar surface area (TPSA) is 81.2 Å². The Morgan fingerprint density at radius 3 is 2.26 bits per heavy atom. The number of amides is 3. The highest BCUT2D eigenvalue weighted by atomic mass is 32.2. The molecule has 6 rings (SSSR count). The molecule has 4 aliphatic heterocycles. The van der Waals surface area contributed by atoms with E-state index in [-0.39, 0.29) is 24.3 Å². The van der Waals surface area contributed by atoms with E-state index in [0.717, 1.165) is 22.4 Å². The van der Waals surface area contributed by atoms with E-state index in [4.69, 9.17) is 0 Å². The fourth-order valence-corrected chi connectivity index (χ4v) is 9.84. The van der Waals surface area contributed by atoms with Crippen LogP contribution in [0.3, 0.4) is 0 Å². The predicted octanol–water partition coefficient (Wildman–Crippen LogP) is 4.26. The number of carbonyl (C=O) groups excluding carboxylic acids is 3. The number of hydrogen-bond donors (Lipinski definition) is 1. The number of likely N-dealkylation sites (tertiary alicyclic amines) is 1. The number of rotatable bonds is 6. The van der Waals surface area contributed by atoms with Crippen LogP contribution in [0.2, 0.25) is 0 Å². The zero-order valence-corrected chi connectivity index (χ0v) is 25.5. The van der Waals surface area contributed by atoms with Gasteiger partial charge in [0.1, 0.15) is 6.04 Å². The molecule has 0 radical (unpaired) electrons. The highest BCUT2D eigenvalue weighted by Crippen LogP contribution is 2.66. The van der Waals surface area contributed by atoms with Crippen molar-refractivity contribution in [1.29, 1.82) is 0 Å². The predicted molar refractivity (Wildman–Crippen MR) is 166 cm³/mol. The molecule has 7 nitrogen and oxygen atoms in total. The number of hydrogen-bond acceptors (Lipinski definition) is 5. The Bertz CT molecular complexity index is 1450. The quantitative estimate of drug-likeness (QED) is 0.513. The fourth-order valence-electron chi connectivity index (χ4n) is 7.70. The zero-order chi connectivity index (χ0) is 29.8. The molecular weight excluding hydrogens is 546 g/mol. The lowest BCUT2D eigenvalue weighted by Crippen LogP contribution is -2.57. The second kappa shape index (κ2) is 10.7. The van der Waals surface area contributed by atoms with Crippen molar-refractivity contribution in [1.82, 2.24) is 9.80 Å². The van der Waals surface area contributed by atoms with E-state index in [1.54, 1.807) is 21.6 Å². The second-order valence-corrected chi connectivity index (χ2v) is 14.0. The van der Waals surface area contributed by atoms with Crippen LogP contribution < -0.4 is 4.90 Å². The smallest absolute Gasteiger partial charge is 0.251 e. The number of thioether (sulfide) groups is 1. The molecule has 2 fully saturated rings. The van der Waals surface area contributed by atoms with Gasteiger partial charge >= 0.3 is 0 Å². The maximum atomic E-state index is 14.8. The minimum Gasteiger partial charge on any atom is -0.394 e. The van der Waals surface area contributed by atoms with Crippen molar-refractivity contribution >= 4 is 35.2 Å². The fraction of sp³-hybridized carbons (Fsp3) is 0.441. The van der Waals surface area contributed by atoms with Gasteiger partial charge in [0.2, 0.25) is 11.8 Å². The number of anilines is 1. The maximum Gasteiger partial charge on any atom is 0.251 e. The van der Waals surface area contributed by atoms with Crippen molar-refractivity contribution in [3.63, 3.8) is 0 Å². The van der Waals surface area contributed by atoms with E-state index in [0.29, 0.717) is 26.1 Å². The average Bonchev–Trinajstić information content (AvgIpc) is 3.25. The van der Waals surface area contributed by atoms with Gasteiger partial charge in [-0.25, -0.2) is 0 Å². The molecule has 8 heteroatoms. The van der Waals surface area contributed by atoms with E-state index in [1.807, 2.05) is 99.4 Å². The van der Waals surface area contributed by atoms with Gasteiger partial charge in [0.25, 0.3) is 5.91 Å². The van der Waals surface area contributed by atoms with Gasteiger partial charge in [0, 0.05) is 30.1 Å². The molecule has 0 aromatic heterocycles. The largest absolute Gasteiger partial charge is 0.394 e.